The van der Waals surface area contributed by atoms with Crippen molar-refractivity contribution >= 4 is 28.8 Å². The summed E-state index contributed by atoms with van der Waals surface area (Å²) in [5.41, 5.74) is 6.27. The van der Waals surface area contributed by atoms with E-state index in [2.05, 4.69) is 44.0 Å². The van der Waals surface area contributed by atoms with E-state index >= 15 is 0 Å². The monoisotopic (exact) mass is 394 g/mol. The minimum Gasteiger partial charge on any atom is -0.478 e. The number of carbonyl (C=O) groups is 2. The van der Waals surface area contributed by atoms with Crippen LogP contribution in [0.5, 0.6) is 0 Å². The van der Waals surface area contributed by atoms with E-state index in [0.29, 0.717) is 18.5 Å². The topological polar surface area (TPSA) is 60.9 Å². The van der Waals surface area contributed by atoms with Crippen LogP contribution in [-0.4, -0.2) is 37.1 Å². The molecule has 1 aromatic carbocycles. The number of carboxylic acid groups (broad SMARTS) is 1. The molecule has 0 spiro atoms. The van der Waals surface area contributed by atoms with E-state index < -0.39 is 5.97 Å². The SMILES string of the molecule is CCN1C(=O)CC(C)(C)c2cc3c(cc21)C(=CC=CC(C)=CC(=O)O)CCN3C. The number of rotatable bonds is 4. The lowest BCUT2D eigenvalue weighted by atomic mass is 9.75. The van der Waals surface area contributed by atoms with Crippen LogP contribution in [-0.2, 0) is 15.0 Å². The Kier molecular flexibility index (Phi) is 5.69. The molecule has 1 amide bonds. The molecule has 1 aromatic rings. The predicted molar refractivity (Wildman–Crippen MR) is 119 cm³/mol. The maximum Gasteiger partial charge on any atom is 0.328 e. The van der Waals surface area contributed by atoms with E-state index in [-0.39, 0.29) is 11.3 Å². The summed E-state index contributed by atoms with van der Waals surface area (Å²) in [5.74, 6) is -0.767. The van der Waals surface area contributed by atoms with Gasteiger partial charge < -0.3 is 14.9 Å². The lowest BCUT2D eigenvalue weighted by Gasteiger charge is -2.41. The third-order valence-corrected chi connectivity index (χ3v) is 5.83. The Labute approximate surface area is 173 Å². The first-order valence-corrected chi connectivity index (χ1v) is 10.1. The highest BCUT2D eigenvalue weighted by molar-refractivity contribution is 5.99. The second-order valence-electron chi connectivity index (χ2n) is 8.53. The van der Waals surface area contributed by atoms with Gasteiger partial charge in [-0.1, -0.05) is 32.1 Å². The fraction of sp³-hybridized carbons (Fsp3) is 0.417. The van der Waals surface area contributed by atoms with Gasteiger partial charge in [0.1, 0.15) is 0 Å². The Balaban J connectivity index is 2.09. The number of nitrogens with zero attached hydrogens (tertiary/aromatic N) is 2. The van der Waals surface area contributed by atoms with Crippen LogP contribution in [0.3, 0.4) is 0 Å². The van der Waals surface area contributed by atoms with Gasteiger partial charge in [-0.25, -0.2) is 4.79 Å². The van der Waals surface area contributed by atoms with Gasteiger partial charge >= 0.3 is 5.97 Å². The minimum atomic E-state index is -0.942. The molecule has 0 radical (unpaired) electrons. The van der Waals surface area contributed by atoms with Crippen molar-refractivity contribution < 1.29 is 14.7 Å². The molecule has 5 heteroatoms. The standard InChI is InChI=1S/C24H30N2O3/c1-6-26-21-13-18-17(9-7-8-16(2)12-23(28)29)10-11-25(5)20(18)14-19(21)24(3,4)15-22(26)27/h7-9,12-14H,6,10-11,15H2,1-5H3,(H,28,29). The van der Waals surface area contributed by atoms with Crippen LogP contribution in [0, 0.1) is 0 Å². The lowest BCUT2D eigenvalue weighted by molar-refractivity contribution is -0.131. The highest BCUT2D eigenvalue weighted by Gasteiger charge is 2.37. The maximum atomic E-state index is 12.7. The average molecular weight is 395 g/mol. The number of hydrogen-bond donors (Lipinski definition) is 1. The fourth-order valence-corrected chi connectivity index (χ4v) is 4.24. The van der Waals surface area contributed by atoms with Crippen molar-refractivity contribution in [2.75, 3.05) is 29.9 Å². The van der Waals surface area contributed by atoms with Gasteiger partial charge in [-0.15, -0.1) is 0 Å². The molecular formula is C24H30N2O3. The second-order valence-corrected chi connectivity index (χ2v) is 8.53. The third-order valence-electron chi connectivity index (χ3n) is 5.83. The lowest BCUT2D eigenvalue weighted by Crippen LogP contribution is -2.42. The molecule has 2 aliphatic heterocycles. The Hall–Kier alpha value is -2.82. The molecule has 0 saturated heterocycles. The molecule has 154 valence electrons. The fourth-order valence-electron chi connectivity index (χ4n) is 4.24. The van der Waals surface area contributed by atoms with Gasteiger partial charge in [0.05, 0.1) is 0 Å². The molecular weight excluding hydrogens is 364 g/mol. The number of carboxylic acids is 1. The Morgan fingerprint density at radius 1 is 1.28 bits per heavy atom. The highest BCUT2D eigenvalue weighted by atomic mass is 16.4. The van der Waals surface area contributed by atoms with Crippen LogP contribution in [0.15, 0.2) is 42.0 Å². The number of anilines is 2. The number of fused-ring (bicyclic) bond motifs is 2. The molecule has 0 atom stereocenters. The smallest absolute Gasteiger partial charge is 0.328 e. The van der Waals surface area contributed by atoms with Crippen molar-refractivity contribution in [3.8, 4) is 0 Å². The van der Waals surface area contributed by atoms with E-state index in [1.807, 2.05) is 24.0 Å². The maximum absolute atomic E-state index is 12.7. The molecule has 2 heterocycles. The van der Waals surface area contributed by atoms with E-state index in [4.69, 9.17) is 5.11 Å². The number of allylic oxidation sites excluding steroid dienone is 4. The first-order valence-electron chi connectivity index (χ1n) is 10.1. The Morgan fingerprint density at radius 3 is 2.66 bits per heavy atom. The average Bonchev–Trinajstić information content (AvgIpc) is 2.62. The van der Waals surface area contributed by atoms with Crippen LogP contribution in [0.25, 0.3) is 5.57 Å². The van der Waals surface area contributed by atoms with Gasteiger partial charge in [-0.2, -0.15) is 0 Å². The van der Waals surface area contributed by atoms with Gasteiger partial charge in [-0.05, 0) is 49.1 Å². The molecule has 1 N–H and O–H groups in total. The highest BCUT2D eigenvalue weighted by Crippen LogP contribution is 2.46. The number of benzene rings is 1. The summed E-state index contributed by atoms with van der Waals surface area (Å²) in [4.78, 5) is 27.6. The zero-order valence-electron chi connectivity index (χ0n) is 18.0. The van der Waals surface area contributed by atoms with Crippen LogP contribution >= 0.6 is 0 Å². The summed E-state index contributed by atoms with van der Waals surface area (Å²) in [6.45, 7) is 9.66. The molecule has 2 aliphatic rings. The number of aliphatic carboxylic acids is 1. The zero-order valence-corrected chi connectivity index (χ0v) is 18.0. The van der Waals surface area contributed by atoms with Crippen LogP contribution in [0.2, 0.25) is 0 Å². The molecule has 29 heavy (non-hydrogen) atoms. The largest absolute Gasteiger partial charge is 0.478 e. The molecule has 0 bridgehead atoms. The first kappa shape index (κ1) is 20.9. The van der Waals surface area contributed by atoms with Crippen molar-refractivity contribution in [1.29, 1.82) is 0 Å². The van der Waals surface area contributed by atoms with E-state index in [1.165, 1.54) is 22.9 Å². The zero-order chi connectivity index (χ0) is 21.3. The third kappa shape index (κ3) is 4.14. The van der Waals surface area contributed by atoms with Crippen molar-refractivity contribution in [2.24, 2.45) is 0 Å². The molecule has 0 saturated carbocycles. The van der Waals surface area contributed by atoms with Crippen molar-refractivity contribution in [3.05, 3.63) is 53.1 Å². The van der Waals surface area contributed by atoms with Crippen molar-refractivity contribution in [2.45, 2.75) is 46.0 Å². The Morgan fingerprint density at radius 2 is 2.00 bits per heavy atom. The molecule has 0 aliphatic carbocycles. The number of amides is 1. The Bertz CT molecular complexity index is 938. The van der Waals surface area contributed by atoms with Crippen molar-refractivity contribution in [3.63, 3.8) is 0 Å². The summed E-state index contributed by atoms with van der Waals surface area (Å²) in [6, 6.07) is 4.42. The van der Waals surface area contributed by atoms with Crippen LogP contribution < -0.4 is 9.80 Å². The molecule has 0 fully saturated rings. The predicted octanol–water partition coefficient (Wildman–Crippen LogP) is 4.53. The van der Waals surface area contributed by atoms with Gasteiger partial charge in [-0.3, -0.25) is 4.79 Å². The normalized spacial score (nSPS) is 20.2. The summed E-state index contributed by atoms with van der Waals surface area (Å²) < 4.78 is 0. The van der Waals surface area contributed by atoms with Crippen LogP contribution in [0.4, 0.5) is 11.4 Å². The summed E-state index contributed by atoms with van der Waals surface area (Å²) in [6.07, 6.45) is 8.40. The van der Waals surface area contributed by atoms with Gasteiger partial charge in [0.25, 0.3) is 0 Å². The molecule has 5 nitrogen and oxygen atoms in total. The molecule has 0 unspecified atom stereocenters. The summed E-state index contributed by atoms with van der Waals surface area (Å²) in [7, 11) is 2.11. The quantitative estimate of drug-likeness (QED) is 0.602. The molecule has 3 rings (SSSR count). The van der Waals surface area contributed by atoms with Crippen molar-refractivity contribution in [1.82, 2.24) is 0 Å². The number of carbonyl (C=O) groups excluding carboxylic acids is 1. The van der Waals surface area contributed by atoms with Gasteiger partial charge in [0.15, 0.2) is 0 Å². The summed E-state index contributed by atoms with van der Waals surface area (Å²) in [5, 5.41) is 8.85. The molecule has 0 aromatic heterocycles. The summed E-state index contributed by atoms with van der Waals surface area (Å²) >= 11 is 0. The van der Waals surface area contributed by atoms with Gasteiger partial charge in [0, 0.05) is 55.0 Å². The minimum absolute atomic E-state index is 0.175. The van der Waals surface area contributed by atoms with E-state index in [1.54, 1.807) is 6.92 Å². The second kappa shape index (κ2) is 7.90. The van der Waals surface area contributed by atoms with E-state index in [9.17, 15) is 9.59 Å². The van der Waals surface area contributed by atoms with Gasteiger partial charge in [0.2, 0.25) is 5.91 Å². The number of hydrogen-bond acceptors (Lipinski definition) is 3. The van der Waals surface area contributed by atoms with E-state index in [0.717, 1.165) is 24.2 Å². The first-order chi connectivity index (χ1) is 13.6. The van der Waals surface area contributed by atoms with Crippen LogP contribution in [0.1, 0.15) is 51.7 Å².